The molecule has 0 fully saturated rings. The van der Waals surface area contributed by atoms with Gasteiger partial charge in [-0.1, -0.05) is 65.2 Å². The molecule has 0 aliphatic carbocycles. The highest BCUT2D eigenvalue weighted by atomic mass is 35.5. The SMILES string of the molecule is Cc1ccc(-c2nc3ccc(C)cn3c2C(=O)Nc2c(Cl)cccc2Cl)cc1. The Kier molecular flexibility index (Phi) is 4.84. The lowest BCUT2D eigenvalue weighted by molar-refractivity contribution is 0.102. The minimum Gasteiger partial charge on any atom is -0.318 e. The van der Waals surface area contributed by atoms with E-state index in [-0.39, 0.29) is 5.91 Å². The third-order valence-electron chi connectivity index (χ3n) is 4.51. The van der Waals surface area contributed by atoms with Crippen molar-refractivity contribution in [1.82, 2.24) is 9.38 Å². The second kappa shape index (κ2) is 7.30. The molecule has 0 aliphatic rings. The molecule has 2 aromatic heterocycles. The van der Waals surface area contributed by atoms with E-state index in [1.165, 1.54) is 0 Å². The van der Waals surface area contributed by atoms with E-state index in [1.54, 1.807) is 22.6 Å². The monoisotopic (exact) mass is 409 g/mol. The molecule has 1 amide bonds. The average Bonchev–Trinajstić information content (AvgIpc) is 3.04. The normalized spacial score (nSPS) is 11.0. The molecule has 4 aromatic rings. The molecule has 0 unspecified atom stereocenters. The zero-order valence-corrected chi connectivity index (χ0v) is 16.8. The number of nitrogens with one attached hydrogen (secondary N) is 1. The third kappa shape index (κ3) is 3.37. The summed E-state index contributed by atoms with van der Waals surface area (Å²) in [5, 5.41) is 3.61. The first-order valence-electron chi connectivity index (χ1n) is 8.75. The molecule has 140 valence electrons. The number of imidazole rings is 1. The van der Waals surface area contributed by atoms with Crippen molar-refractivity contribution in [2.45, 2.75) is 13.8 Å². The molecule has 6 heteroatoms. The summed E-state index contributed by atoms with van der Waals surface area (Å²) in [4.78, 5) is 18.0. The van der Waals surface area contributed by atoms with Crippen LogP contribution in [0.2, 0.25) is 10.0 Å². The van der Waals surface area contributed by atoms with Gasteiger partial charge in [-0.3, -0.25) is 9.20 Å². The molecular formula is C22H17Cl2N3O. The summed E-state index contributed by atoms with van der Waals surface area (Å²) in [7, 11) is 0. The summed E-state index contributed by atoms with van der Waals surface area (Å²) in [6, 6.07) is 16.9. The quantitative estimate of drug-likeness (QED) is 0.439. The van der Waals surface area contributed by atoms with Crippen LogP contribution < -0.4 is 5.32 Å². The molecule has 4 rings (SSSR count). The summed E-state index contributed by atoms with van der Waals surface area (Å²) in [5.74, 6) is -0.330. The molecule has 0 spiro atoms. The Bertz CT molecular complexity index is 1180. The second-order valence-corrected chi connectivity index (χ2v) is 7.47. The van der Waals surface area contributed by atoms with Gasteiger partial charge in [0.1, 0.15) is 17.0 Å². The Labute approximate surface area is 172 Å². The highest BCUT2D eigenvalue weighted by Crippen LogP contribution is 2.32. The lowest BCUT2D eigenvalue weighted by Crippen LogP contribution is -2.16. The van der Waals surface area contributed by atoms with Crippen molar-refractivity contribution in [3.8, 4) is 11.3 Å². The number of benzene rings is 2. The van der Waals surface area contributed by atoms with Gasteiger partial charge in [0.05, 0.1) is 15.7 Å². The lowest BCUT2D eigenvalue weighted by atomic mass is 10.1. The number of pyridine rings is 1. The molecule has 0 aliphatic heterocycles. The first kappa shape index (κ1) is 18.5. The lowest BCUT2D eigenvalue weighted by Gasteiger charge is -2.10. The molecule has 28 heavy (non-hydrogen) atoms. The van der Waals surface area contributed by atoms with Gasteiger partial charge in [-0.15, -0.1) is 0 Å². The minimum atomic E-state index is -0.330. The first-order valence-corrected chi connectivity index (χ1v) is 9.51. The van der Waals surface area contributed by atoms with Crippen LogP contribution in [0.5, 0.6) is 0 Å². The van der Waals surface area contributed by atoms with Crippen LogP contribution in [0.3, 0.4) is 0 Å². The van der Waals surface area contributed by atoms with Gasteiger partial charge in [-0.05, 0) is 37.6 Å². The van der Waals surface area contributed by atoms with Crippen LogP contribution in [0.4, 0.5) is 5.69 Å². The number of carbonyl (C=O) groups is 1. The number of anilines is 1. The molecule has 1 N–H and O–H groups in total. The summed E-state index contributed by atoms with van der Waals surface area (Å²) in [6.07, 6.45) is 1.89. The third-order valence-corrected chi connectivity index (χ3v) is 5.14. The fraction of sp³-hybridized carbons (Fsp3) is 0.0909. The molecule has 0 saturated carbocycles. The molecule has 2 heterocycles. The first-order chi connectivity index (χ1) is 13.4. The van der Waals surface area contributed by atoms with Crippen LogP contribution in [-0.2, 0) is 0 Å². The van der Waals surface area contributed by atoms with Gasteiger partial charge < -0.3 is 5.32 Å². The van der Waals surface area contributed by atoms with E-state index < -0.39 is 0 Å². The number of halogens is 2. The Morgan fingerprint density at radius 2 is 1.57 bits per heavy atom. The van der Waals surface area contributed by atoms with Crippen LogP contribution in [0, 0.1) is 13.8 Å². The Hall–Kier alpha value is -2.82. The van der Waals surface area contributed by atoms with Crippen molar-refractivity contribution in [3.05, 3.63) is 87.7 Å². The number of amides is 1. The number of carbonyl (C=O) groups excluding carboxylic acids is 1. The summed E-state index contributed by atoms with van der Waals surface area (Å²) >= 11 is 12.5. The number of hydrogen-bond acceptors (Lipinski definition) is 2. The zero-order valence-electron chi connectivity index (χ0n) is 15.3. The predicted octanol–water partition coefficient (Wildman–Crippen LogP) is 6.18. The van der Waals surface area contributed by atoms with E-state index in [0.717, 1.165) is 16.7 Å². The highest BCUT2D eigenvalue weighted by molar-refractivity contribution is 6.40. The fourth-order valence-electron chi connectivity index (χ4n) is 3.07. The molecule has 0 atom stereocenters. The van der Waals surface area contributed by atoms with Gasteiger partial charge in [0.15, 0.2) is 0 Å². The molecule has 0 radical (unpaired) electrons. The van der Waals surface area contributed by atoms with Crippen molar-refractivity contribution in [2.75, 3.05) is 5.32 Å². The molecular weight excluding hydrogens is 393 g/mol. The summed E-state index contributed by atoms with van der Waals surface area (Å²) in [6.45, 7) is 3.99. The van der Waals surface area contributed by atoms with E-state index in [4.69, 9.17) is 28.2 Å². The van der Waals surface area contributed by atoms with Crippen LogP contribution in [-0.4, -0.2) is 15.3 Å². The number of hydrogen-bond donors (Lipinski definition) is 1. The topological polar surface area (TPSA) is 46.4 Å². The van der Waals surface area contributed by atoms with Gasteiger partial charge >= 0.3 is 0 Å². The van der Waals surface area contributed by atoms with Gasteiger partial charge in [-0.25, -0.2) is 4.98 Å². The van der Waals surface area contributed by atoms with Crippen molar-refractivity contribution in [3.63, 3.8) is 0 Å². The number of aryl methyl sites for hydroxylation is 2. The van der Waals surface area contributed by atoms with Crippen molar-refractivity contribution < 1.29 is 4.79 Å². The number of fused-ring (bicyclic) bond motifs is 1. The Morgan fingerprint density at radius 3 is 2.25 bits per heavy atom. The number of rotatable bonds is 3. The zero-order chi connectivity index (χ0) is 19.8. The predicted molar refractivity (Wildman–Crippen MR) is 115 cm³/mol. The van der Waals surface area contributed by atoms with Crippen LogP contribution in [0.25, 0.3) is 16.9 Å². The molecule has 0 saturated heterocycles. The highest BCUT2D eigenvalue weighted by Gasteiger charge is 2.22. The number of aromatic nitrogens is 2. The van der Waals surface area contributed by atoms with Crippen LogP contribution >= 0.6 is 23.2 Å². The summed E-state index contributed by atoms with van der Waals surface area (Å²) < 4.78 is 1.80. The van der Waals surface area contributed by atoms with E-state index in [1.807, 2.05) is 56.4 Å². The number of nitrogens with zero attached hydrogens (tertiary/aromatic N) is 2. The fourth-order valence-corrected chi connectivity index (χ4v) is 3.56. The van der Waals surface area contributed by atoms with E-state index in [0.29, 0.717) is 32.8 Å². The maximum absolute atomic E-state index is 13.3. The largest absolute Gasteiger partial charge is 0.318 e. The van der Waals surface area contributed by atoms with E-state index >= 15 is 0 Å². The van der Waals surface area contributed by atoms with Crippen molar-refractivity contribution in [1.29, 1.82) is 0 Å². The van der Waals surface area contributed by atoms with Gasteiger partial charge in [-0.2, -0.15) is 0 Å². The van der Waals surface area contributed by atoms with Gasteiger partial charge in [0.2, 0.25) is 0 Å². The van der Waals surface area contributed by atoms with Crippen LogP contribution in [0.15, 0.2) is 60.8 Å². The number of para-hydroxylation sites is 1. The van der Waals surface area contributed by atoms with Crippen molar-refractivity contribution >= 4 is 40.4 Å². The van der Waals surface area contributed by atoms with Crippen molar-refractivity contribution in [2.24, 2.45) is 0 Å². The van der Waals surface area contributed by atoms with Crippen LogP contribution in [0.1, 0.15) is 21.6 Å². The Morgan fingerprint density at radius 1 is 0.929 bits per heavy atom. The minimum absolute atomic E-state index is 0.330. The average molecular weight is 410 g/mol. The molecule has 0 bridgehead atoms. The van der Waals surface area contributed by atoms with E-state index in [2.05, 4.69) is 5.32 Å². The maximum Gasteiger partial charge on any atom is 0.275 e. The van der Waals surface area contributed by atoms with Gasteiger partial charge in [0, 0.05) is 11.8 Å². The molecule has 2 aromatic carbocycles. The Balaban J connectivity index is 1.88. The van der Waals surface area contributed by atoms with Gasteiger partial charge in [0.25, 0.3) is 5.91 Å². The smallest absolute Gasteiger partial charge is 0.275 e. The standard InChI is InChI=1S/C22H17Cl2N3O/c1-13-6-9-15(10-7-13)19-21(27-12-14(2)8-11-18(27)25-19)22(28)26-20-16(23)4-3-5-17(20)24/h3-12H,1-2H3,(H,26,28). The summed E-state index contributed by atoms with van der Waals surface area (Å²) in [5.41, 5.74) is 5.12. The maximum atomic E-state index is 13.3. The second-order valence-electron chi connectivity index (χ2n) is 6.66. The molecule has 4 nitrogen and oxygen atoms in total. The van der Waals surface area contributed by atoms with E-state index in [9.17, 15) is 4.79 Å².